The second-order valence-corrected chi connectivity index (χ2v) is 10.2. The quantitative estimate of drug-likeness (QED) is 0.686. The lowest BCUT2D eigenvalue weighted by molar-refractivity contribution is 0.325. The minimum Gasteiger partial charge on any atom is -0.297 e. The van der Waals surface area contributed by atoms with Crippen molar-refractivity contribution in [1.82, 2.24) is 14.7 Å². The summed E-state index contributed by atoms with van der Waals surface area (Å²) >= 11 is 0. The average Bonchev–Trinajstić information content (AvgIpc) is 3.32. The highest BCUT2D eigenvalue weighted by Crippen LogP contribution is 2.46. The minimum atomic E-state index is -3.27. The molecule has 0 radical (unpaired) electrons. The van der Waals surface area contributed by atoms with Crippen LogP contribution in [0, 0.1) is 6.92 Å². The first-order chi connectivity index (χ1) is 13.4. The van der Waals surface area contributed by atoms with Crippen molar-refractivity contribution in [3.8, 4) is 11.1 Å². The number of benzene rings is 2. The fourth-order valence-electron chi connectivity index (χ4n) is 4.67. The molecule has 6 heteroatoms. The summed E-state index contributed by atoms with van der Waals surface area (Å²) in [4.78, 5) is 2.80. The predicted molar refractivity (Wildman–Crippen MR) is 109 cm³/mol. The van der Waals surface area contributed by atoms with Gasteiger partial charge in [-0.2, -0.15) is 5.10 Å². The van der Waals surface area contributed by atoms with Gasteiger partial charge in [0.05, 0.1) is 16.3 Å². The Kier molecular flexibility index (Phi) is 3.96. The Bertz CT molecular complexity index is 1170. The molecule has 0 saturated carbocycles. The summed E-state index contributed by atoms with van der Waals surface area (Å²) in [7, 11) is -1.39. The molecule has 1 saturated heterocycles. The van der Waals surface area contributed by atoms with Gasteiger partial charge in [-0.1, -0.05) is 35.9 Å². The van der Waals surface area contributed by atoms with E-state index in [-0.39, 0.29) is 11.2 Å². The second-order valence-electron chi connectivity index (χ2n) is 8.03. The molecule has 2 aromatic carbocycles. The molecule has 2 aliphatic heterocycles. The predicted octanol–water partition coefficient (Wildman–Crippen LogP) is 3.15. The van der Waals surface area contributed by atoms with Crippen molar-refractivity contribution in [2.45, 2.75) is 29.5 Å². The first-order valence-electron chi connectivity index (χ1n) is 9.56. The highest BCUT2D eigenvalue weighted by Gasteiger charge is 2.50. The van der Waals surface area contributed by atoms with Crippen LogP contribution in [-0.4, -0.2) is 41.4 Å². The van der Waals surface area contributed by atoms with Gasteiger partial charge in [0.25, 0.3) is 0 Å². The molecule has 3 heterocycles. The Labute approximate surface area is 165 Å². The molecular formula is C22H23N3O2S. The number of likely N-dealkylation sites (tertiary alicyclic amines) is 1. The second kappa shape index (κ2) is 6.29. The van der Waals surface area contributed by atoms with Gasteiger partial charge < -0.3 is 0 Å². The normalized spacial score (nSPS) is 22.9. The third-order valence-electron chi connectivity index (χ3n) is 5.98. The van der Waals surface area contributed by atoms with Crippen LogP contribution >= 0.6 is 0 Å². The van der Waals surface area contributed by atoms with Crippen LogP contribution < -0.4 is 0 Å². The summed E-state index contributed by atoms with van der Waals surface area (Å²) < 4.78 is 28.0. The van der Waals surface area contributed by atoms with Crippen LogP contribution in [0.25, 0.3) is 11.1 Å². The number of nitrogens with zero attached hydrogens (tertiary/aromatic N) is 3. The van der Waals surface area contributed by atoms with Gasteiger partial charge in [-0.05, 0) is 35.7 Å². The molecule has 0 bridgehead atoms. The zero-order valence-electron chi connectivity index (χ0n) is 16.0. The van der Waals surface area contributed by atoms with Crippen LogP contribution in [-0.2, 0) is 23.4 Å². The third kappa shape index (κ3) is 2.79. The summed E-state index contributed by atoms with van der Waals surface area (Å²) in [6, 6.07) is 14.2. The summed E-state index contributed by atoms with van der Waals surface area (Å²) in [6.07, 6.45) is 3.78. The van der Waals surface area contributed by atoms with Gasteiger partial charge in [-0.15, -0.1) is 0 Å². The maximum atomic E-state index is 13.1. The summed E-state index contributed by atoms with van der Waals surface area (Å²) in [5.41, 5.74) is 5.48. The van der Waals surface area contributed by atoms with Gasteiger partial charge in [0.15, 0.2) is 9.84 Å². The maximum Gasteiger partial charge on any atom is 0.183 e. The van der Waals surface area contributed by atoms with Gasteiger partial charge in [0.2, 0.25) is 0 Å². The minimum absolute atomic E-state index is 0.0430. The standard InChI is InChI=1S/C22H23N3O2S/c1-15-4-3-5-16(8-15)11-25-13-20-19-9-17(18-10-23-24(2)12-18)6-7-21(19)28(26,27)22(20)14-25/h3-10,12,20,22H,11,13-14H2,1-2H3/t20-,22-/m0/s1. The fraction of sp³-hybridized carbons (Fsp3) is 0.318. The molecule has 1 fully saturated rings. The molecule has 5 nitrogen and oxygen atoms in total. The molecule has 2 atom stereocenters. The molecule has 1 aromatic heterocycles. The molecule has 0 aliphatic carbocycles. The van der Waals surface area contributed by atoms with Crippen LogP contribution in [0.2, 0.25) is 0 Å². The van der Waals surface area contributed by atoms with E-state index in [1.807, 2.05) is 25.5 Å². The SMILES string of the molecule is Cc1cccc(CN2C[C@H]3c4cc(-c5cnn(C)c5)ccc4S(=O)(=O)[C@H]3C2)c1. The van der Waals surface area contributed by atoms with Crippen molar-refractivity contribution < 1.29 is 8.42 Å². The number of hydrogen-bond acceptors (Lipinski definition) is 4. The van der Waals surface area contributed by atoms with Crippen LogP contribution in [0.1, 0.15) is 22.6 Å². The van der Waals surface area contributed by atoms with Gasteiger partial charge in [-0.3, -0.25) is 9.58 Å². The number of sulfone groups is 1. The molecule has 0 N–H and O–H groups in total. The van der Waals surface area contributed by atoms with E-state index in [0.29, 0.717) is 11.4 Å². The van der Waals surface area contributed by atoms with Gasteiger partial charge in [0.1, 0.15) is 0 Å². The Balaban J connectivity index is 1.47. The van der Waals surface area contributed by atoms with Crippen molar-refractivity contribution in [3.63, 3.8) is 0 Å². The molecule has 3 aromatic rings. The smallest absolute Gasteiger partial charge is 0.183 e. The summed E-state index contributed by atoms with van der Waals surface area (Å²) in [5.74, 6) is 0.0430. The van der Waals surface area contributed by atoms with Gasteiger partial charge >= 0.3 is 0 Å². The Morgan fingerprint density at radius 2 is 1.96 bits per heavy atom. The van der Waals surface area contributed by atoms with Crippen LogP contribution in [0.5, 0.6) is 0 Å². The van der Waals surface area contributed by atoms with E-state index in [9.17, 15) is 8.42 Å². The fourth-order valence-corrected chi connectivity index (χ4v) is 6.87. The van der Waals surface area contributed by atoms with Crippen LogP contribution in [0.3, 0.4) is 0 Å². The van der Waals surface area contributed by atoms with E-state index in [0.717, 1.165) is 29.8 Å². The zero-order valence-corrected chi connectivity index (χ0v) is 16.9. The van der Waals surface area contributed by atoms with E-state index >= 15 is 0 Å². The number of aryl methyl sites for hydroxylation is 2. The molecule has 0 amide bonds. The van der Waals surface area contributed by atoms with Gasteiger partial charge in [0, 0.05) is 44.4 Å². The molecule has 144 valence electrons. The molecule has 2 aliphatic rings. The first-order valence-corrected chi connectivity index (χ1v) is 11.1. The van der Waals surface area contributed by atoms with Crippen molar-refractivity contribution in [1.29, 1.82) is 0 Å². The van der Waals surface area contributed by atoms with Crippen molar-refractivity contribution >= 4 is 9.84 Å². The van der Waals surface area contributed by atoms with E-state index in [4.69, 9.17) is 0 Å². The lowest BCUT2D eigenvalue weighted by Crippen LogP contribution is -2.25. The monoisotopic (exact) mass is 393 g/mol. The summed E-state index contributed by atoms with van der Waals surface area (Å²) in [5, 5.41) is 3.90. The molecule has 0 unspecified atom stereocenters. The average molecular weight is 394 g/mol. The van der Waals surface area contributed by atoms with Crippen LogP contribution in [0.15, 0.2) is 59.8 Å². The Hall–Kier alpha value is -2.44. The van der Waals surface area contributed by atoms with Crippen molar-refractivity contribution in [2.24, 2.45) is 7.05 Å². The van der Waals surface area contributed by atoms with E-state index < -0.39 is 9.84 Å². The van der Waals surface area contributed by atoms with Crippen molar-refractivity contribution in [3.05, 3.63) is 71.5 Å². The lowest BCUT2D eigenvalue weighted by Gasteiger charge is -2.18. The molecule has 0 spiro atoms. The van der Waals surface area contributed by atoms with E-state index in [2.05, 4.69) is 47.3 Å². The molecule has 5 rings (SSSR count). The van der Waals surface area contributed by atoms with E-state index in [1.54, 1.807) is 10.7 Å². The van der Waals surface area contributed by atoms with Crippen molar-refractivity contribution in [2.75, 3.05) is 13.1 Å². The molecular weight excluding hydrogens is 370 g/mol. The Morgan fingerprint density at radius 3 is 2.71 bits per heavy atom. The number of rotatable bonds is 3. The van der Waals surface area contributed by atoms with E-state index in [1.165, 1.54) is 11.1 Å². The van der Waals surface area contributed by atoms with Gasteiger partial charge in [-0.25, -0.2) is 8.42 Å². The summed E-state index contributed by atoms with van der Waals surface area (Å²) in [6.45, 7) is 4.25. The lowest BCUT2D eigenvalue weighted by atomic mass is 9.95. The first kappa shape index (κ1) is 17.6. The topological polar surface area (TPSA) is 55.2 Å². The number of fused-ring (bicyclic) bond motifs is 3. The third-order valence-corrected chi connectivity index (χ3v) is 8.24. The highest BCUT2D eigenvalue weighted by atomic mass is 32.2. The number of hydrogen-bond donors (Lipinski definition) is 0. The zero-order chi connectivity index (χ0) is 19.5. The highest BCUT2D eigenvalue weighted by molar-refractivity contribution is 7.92. The number of aromatic nitrogens is 2. The maximum absolute atomic E-state index is 13.1. The molecule has 28 heavy (non-hydrogen) atoms. The largest absolute Gasteiger partial charge is 0.297 e. The Morgan fingerprint density at radius 1 is 1.11 bits per heavy atom. The van der Waals surface area contributed by atoms with Crippen LogP contribution in [0.4, 0.5) is 0 Å².